The van der Waals surface area contributed by atoms with Crippen molar-refractivity contribution in [3.63, 3.8) is 0 Å². The molecule has 1 aromatic carbocycles. The van der Waals surface area contributed by atoms with Crippen LogP contribution in [0.1, 0.15) is 17.2 Å². The molecule has 1 atom stereocenters. The maximum absolute atomic E-state index is 4.53. The predicted molar refractivity (Wildman–Crippen MR) is 102 cm³/mol. The second-order valence-electron chi connectivity index (χ2n) is 6.24. The van der Waals surface area contributed by atoms with Crippen LogP contribution in [0.3, 0.4) is 0 Å². The Morgan fingerprint density at radius 3 is 2.72 bits per heavy atom. The Morgan fingerprint density at radius 2 is 1.92 bits per heavy atom. The summed E-state index contributed by atoms with van der Waals surface area (Å²) in [5.74, 6) is 0. The molecular formula is C19H20BrN5. The minimum absolute atomic E-state index is 0.368. The zero-order chi connectivity index (χ0) is 17.1. The van der Waals surface area contributed by atoms with E-state index in [1.807, 2.05) is 35.4 Å². The first-order chi connectivity index (χ1) is 12.3. The van der Waals surface area contributed by atoms with Gasteiger partial charge >= 0.3 is 0 Å². The van der Waals surface area contributed by atoms with Crippen molar-refractivity contribution in [3.05, 3.63) is 76.8 Å². The Morgan fingerprint density at radius 1 is 1.12 bits per heavy atom. The molecule has 0 amide bonds. The van der Waals surface area contributed by atoms with Gasteiger partial charge in [0.05, 0.1) is 11.9 Å². The lowest BCUT2D eigenvalue weighted by Crippen LogP contribution is -2.45. The number of hydrogen-bond donors (Lipinski definition) is 1. The summed E-state index contributed by atoms with van der Waals surface area (Å²) in [4.78, 5) is 6.65. The molecule has 3 heterocycles. The third kappa shape index (κ3) is 3.81. The summed E-state index contributed by atoms with van der Waals surface area (Å²) >= 11 is 3.47. The number of pyridine rings is 1. The fourth-order valence-electron chi connectivity index (χ4n) is 3.26. The number of rotatable bonds is 4. The average Bonchev–Trinajstić information content (AvgIpc) is 3.12. The van der Waals surface area contributed by atoms with Gasteiger partial charge in [-0.3, -0.25) is 9.88 Å². The molecule has 3 aromatic rings. The van der Waals surface area contributed by atoms with Gasteiger partial charge < -0.3 is 5.32 Å². The third-order valence-corrected chi connectivity index (χ3v) is 5.09. The highest BCUT2D eigenvalue weighted by atomic mass is 79.9. The number of piperazine rings is 1. The fourth-order valence-corrected chi connectivity index (χ4v) is 3.53. The molecule has 0 aliphatic carbocycles. The molecule has 2 aromatic heterocycles. The molecule has 0 saturated carbocycles. The van der Waals surface area contributed by atoms with E-state index in [2.05, 4.69) is 66.7 Å². The number of aromatic nitrogens is 3. The fraction of sp³-hybridized carbons (Fsp3) is 0.263. The van der Waals surface area contributed by atoms with Gasteiger partial charge in [0, 0.05) is 60.8 Å². The van der Waals surface area contributed by atoms with E-state index in [1.54, 1.807) is 0 Å². The first-order valence-electron chi connectivity index (χ1n) is 8.44. The summed E-state index contributed by atoms with van der Waals surface area (Å²) in [5.41, 5.74) is 3.60. The van der Waals surface area contributed by atoms with Gasteiger partial charge in [-0.1, -0.05) is 15.9 Å². The van der Waals surface area contributed by atoms with Crippen molar-refractivity contribution in [2.24, 2.45) is 0 Å². The highest BCUT2D eigenvalue weighted by Gasteiger charge is 2.24. The van der Waals surface area contributed by atoms with Gasteiger partial charge in [0.15, 0.2) is 0 Å². The van der Waals surface area contributed by atoms with Crippen LogP contribution in [0.4, 0.5) is 0 Å². The van der Waals surface area contributed by atoms with E-state index < -0.39 is 0 Å². The molecule has 1 fully saturated rings. The van der Waals surface area contributed by atoms with Crippen LogP contribution in [-0.4, -0.2) is 39.3 Å². The monoisotopic (exact) mass is 397 g/mol. The summed E-state index contributed by atoms with van der Waals surface area (Å²) < 4.78 is 3.01. The maximum atomic E-state index is 4.53. The minimum Gasteiger partial charge on any atom is -0.314 e. The molecule has 1 aliphatic heterocycles. The van der Waals surface area contributed by atoms with Crippen LogP contribution in [-0.2, 0) is 6.54 Å². The molecule has 128 valence electrons. The molecule has 0 bridgehead atoms. The SMILES string of the molecule is Brc1ccc(-n2cc(CN3CCNCC3c3ccncc3)cn2)cc1. The van der Waals surface area contributed by atoms with E-state index in [4.69, 9.17) is 0 Å². The minimum atomic E-state index is 0.368. The highest BCUT2D eigenvalue weighted by Crippen LogP contribution is 2.24. The molecule has 1 unspecified atom stereocenters. The molecule has 25 heavy (non-hydrogen) atoms. The Kier molecular flexibility index (Phi) is 4.92. The van der Waals surface area contributed by atoms with Crippen LogP contribution in [0.15, 0.2) is 65.7 Å². The van der Waals surface area contributed by atoms with Gasteiger partial charge in [0.25, 0.3) is 0 Å². The van der Waals surface area contributed by atoms with Crippen LogP contribution < -0.4 is 5.32 Å². The van der Waals surface area contributed by atoms with Crippen LogP contribution >= 0.6 is 15.9 Å². The molecule has 6 heteroatoms. The van der Waals surface area contributed by atoms with Crippen molar-refractivity contribution in [1.29, 1.82) is 0 Å². The van der Waals surface area contributed by atoms with Crippen molar-refractivity contribution in [2.45, 2.75) is 12.6 Å². The summed E-state index contributed by atoms with van der Waals surface area (Å²) in [6.07, 6.45) is 7.82. The average molecular weight is 398 g/mol. The Balaban J connectivity index is 1.51. The molecule has 0 radical (unpaired) electrons. The standard InChI is InChI=1S/C19H20BrN5/c20-17-1-3-18(4-2-17)25-14-15(11-23-25)13-24-10-9-22-12-19(24)16-5-7-21-8-6-16/h1-8,11,14,19,22H,9-10,12-13H2. The predicted octanol–water partition coefficient (Wildman–Crippen LogP) is 3.18. The van der Waals surface area contributed by atoms with Crippen molar-refractivity contribution < 1.29 is 0 Å². The van der Waals surface area contributed by atoms with Gasteiger partial charge in [-0.25, -0.2) is 4.68 Å². The largest absolute Gasteiger partial charge is 0.314 e. The molecule has 1 aliphatic rings. The van der Waals surface area contributed by atoms with Crippen molar-refractivity contribution in [3.8, 4) is 5.69 Å². The van der Waals surface area contributed by atoms with E-state index >= 15 is 0 Å². The summed E-state index contributed by atoms with van der Waals surface area (Å²) in [6.45, 7) is 3.90. The van der Waals surface area contributed by atoms with E-state index in [9.17, 15) is 0 Å². The van der Waals surface area contributed by atoms with Gasteiger partial charge in [0.2, 0.25) is 0 Å². The zero-order valence-electron chi connectivity index (χ0n) is 13.8. The zero-order valence-corrected chi connectivity index (χ0v) is 15.4. The molecule has 5 nitrogen and oxygen atoms in total. The molecule has 4 rings (SSSR count). The lowest BCUT2D eigenvalue weighted by atomic mass is 10.0. The topological polar surface area (TPSA) is 46.0 Å². The number of halogens is 1. The van der Waals surface area contributed by atoms with Gasteiger partial charge in [-0.2, -0.15) is 5.10 Å². The first kappa shape index (κ1) is 16.4. The molecule has 1 N–H and O–H groups in total. The lowest BCUT2D eigenvalue weighted by molar-refractivity contribution is 0.153. The van der Waals surface area contributed by atoms with Gasteiger partial charge in [-0.15, -0.1) is 0 Å². The maximum Gasteiger partial charge on any atom is 0.0646 e. The molecular weight excluding hydrogens is 378 g/mol. The number of nitrogens with zero attached hydrogens (tertiary/aromatic N) is 4. The van der Waals surface area contributed by atoms with E-state index in [1.165, 1.54) is 11.1 Å². The number of nitrogens with one attached hydrogen (secondary N) is 1. The summed E-state index contributed by atoms with van der Waals surface area (Å²) in [5, 5.41) is 8.03. The number of benzene rings is 1. The summed E-state index contributed by atoms with van der Waals surface area (Å²) in [6, 6.07) is 12.8. The lowest BCUT2D eigenvalue weighted by Gasteiger charge is -2.36. The van der Waals surface area contributed by atoms with E-state index in [0.29, 0.717) is 6.04 Å². The van der Waals surface area contributed by atoms with Crippen LogP contribution in [0, 0.1) is 0 Å². The van der Waals surface area contributed by atoms with Gasteiger partial charge in [0.1, 0.15) is 0 Å². The van der Waals surface area contributed by atoms with Crippen LogP contribution in [0.2, 0.25) is 0 Å². The first-order valence-corrected chi connectivity index (χ1v) is 9.23. The van der Waals surface area contributed by atoms with E-state index in [0.717, 1.165) is 36.3 Å². The Hall–Kier alpha value is -2.02. The summed E-state index contributed by atoms with van der Waals surface area (Å²) in [7, 11) is 0. The molecule has 1 saturated heterocycles. The van der Waals surface area contributed by atoms with Crippen molar-refractivity contribution >= 4 is 15.9 Å². The smallest absolute Gasteiger partial charge is 0.0646 e. The normalized spacial score (nSPS) is 18.4. The van der Waals surface area contributed by atoms with E-state index in [-0.39, 0.29) is 0 Å². The Bertz CT molecular complexity index is 815. The highest BCUT2D eigenvalue weighted by molar-refractivity contribution is 9.10. The van der Waals surface area contributed by atoms with Crippen molar-refractivity contribution in [2.75, 3.05) is 19.6 Å². The Labute approximate surface area is 155 Å². The van der Waals surface area contributed by atoms with Crippen LogP contribution in [0.25, 0.3) is 5.69 Å². The molecule has 0 spiro atoms. The second kappa shape index (κ2) is 7.47. The third-order valence-electron chi connectivity index (χ3n) is 4.56. The second-order valence-corrected chi connectivity index (χ2v) is 7.16. The quantitative estimate of drug-likeness (QED) is 0.734. The van der Waals surface area contributed by atoms with Gasteiger partial charge in [-0.05, 0) is 42.0 Å². The van der Waals surface area contributed by atoms with Crippen molar-refractivity contribution in [1.82, 2.24) is 25.0 Å². The van der Waals surface area contributed by atoms with Crippen LogP contribution in [0.5, 0.6) is 0 Å². The number of hydrogen-bond acceptors (Lipinski definition) is 4.